The van der Waals surface area contributed by atoms with Gasteiger partial charge in [-0.3, -0.25) is 0 Å². The van der Waals surface area contributed by atoms with Crippen molar-refractivity contribution in [2.24, 2.45) is 5.92 Å². The van der Waals surface area contributed by atoms with Gasteiger partial charge in [0.05, 0.1) is 23.5 Å². The zero-order valence-electron chi connectivity index (χ0n) is 10.7. The number of imidazole rings is 1. The second-order valence-electron chi connectivity index (χ2n) is 4.99. The third-order valence-corrected chi connectivity index (χ3v) is 3.67. The number of methoxy groups -OCH3 is 1. The molecule has 1 fully saturated rings. The fourth-order valence-electron chi connectivity index (χ4n) is 2.31. The van der Waals surface area contributed by atoms with Crippen LogP contribution in [0.3, 0.4) is 0 Å². The Morgan fingerprint density at radius 3 is 2.89 bits per heavy atom. The summed E-state index contributed by atoms with van der Waals surface area (Å²) in [5, 5.41) is -0.0675. The van der Waals surface area contributed by atoms with Gasteiger partial charge in [-0.2, -0.15) is 0 Å². The SMILES string of the molecule is COc1ccc2c(c1)nc(C(C)Cl)n2CC1CC1. The van der Waals surface area contributed by atoms with Gasteiger partial charge in [0.1, 0.15) is 11.6 Å². The predicted molar refractivity (Wildman–Crippen MR) is 73.3 cm³/mol. The molecule has 3 rings (SSSR count). The maximum atomic E-state index is 6.24. The summed E-state index contributed by atoms with van der Waals surface area (Å²) in [6, 6.07) is 6.03. The van der Waals surface area contributed by atoms with Gasteiger partial charge in [0, 0.05) is 12.6 Å². The van der Waals surface area contributed by atoms with Crippen molar-refractivity contribution in [1.29, 1.82) is 0 Å². The number of hydrogen-bond donors (Lipinski definition) is 0. The molecule has 4 heteroatoms. The van der Waals surface area contributed by atoms with Crippen LogP contribution in [0.15, 0.2) is 18.2 Å². The number of halogens is 1. The molecular weight excluding hydrogens is 248 g/mol. The first-order valence-electron chi connectivity index (χ1n) is 6.37. The Morgan fingerprint density at radius 2 is 2.28 bits per heavy atom. The van der Waals surface area contributed by atoms with Crippen LogP contribution in [0.4, 0.5) is 0 Å². The third-order valence-electron chi connectivity index (χ3n) is 3.48. The van der Waals surface area contributed by atoms with Crippen LogP contribution in [0, 0.1) is 5.92 Å². The van der Waals surface area contributed by atoms with E-state index in [0.717, 1.165) is 35.1 Å². The fourth-order valence-corrected chi connectivity index (χ4v) is 2.48. The van der Waals surface area contributed by atoms with Gasteiger partial charge in [0.2, 0.25) is 0 Å². The van der Waals surface area contributed by atoms with Gasteiger partial charge in [-0.15, -0.1) is 11.6 Å². The molecule has 2 aromatic rings. The molecule has 0 bridgehead atoms. The summed E-state index contributed by atoms with van der Waals surface area (Å²) < 4.78 is 7.51. The molecule has 1 unspecified atom stereocenters. The quantitative estimate of drug-likeness (QED) is 0.787. The van der Waals surface area contributed by atoms with E-state index in [1.54, 1.807) is 7.11 Å². The molecule has 0 aliphatic heterocycles. The highest BCUT2D eigenvalue weighted by molar-refractivity contribution is 6.20. The number of ether oxygens (including phenoxy) is 1. The van der Waals surface area contributed by atoms with Crippen molar-refractivity contribution in [3.8, 4) is 5.75 Å². The van der Waals surface area contributed by atoms with E-state index in [9.17, 15) is 0 Å². The summed E-state index contributed by atoms with van der Waals surface area (Å²) in [4.78, 5) is 4.65. The molecule has 96 valence electrons. The van der Waals surface area contributed by atoms with E-state index in [0.29, 0.717) is 0 Å². The highest BCUT2D eigenvalue weighted by Crippen LogP contribution is 2.34. The number of hydrogen-bond acceptors (Lipinski definition) is 2. The number of nitrogens with zero attached hydrogens (tertiary/aromatic N) is 2. The van der Waals surface area contributed by atoms with Crippen molar-refractivity contribution in [1.82, 2.24) is 9.55 Å². The molecule has 1 saturated carbocycles. The Bertz CT molecular complexity index is 572. The molecule has 0 saturated heterocycles. The molecule has 1 aromatic heterocycles. The Labute approximate surface area is 112 Å². The smallest absolute Gasteiger partial charge is 0.127 e. The van der Waals surface area contributed by atoms with Crippen molar-refractivity contribution < 1.29 is 4.74 Å². The average Bonchev–Trinajstić information content (AvgIpc) is 3.10. The van der Waals surface area contributed by atoms with E-state index >= 15 is 0 Å². The molecule has 0 amide bonds. The number of rotatable bonds is 4. The molecule has 3 nitrogen and oxygen atoms in total. The average molecular weight is 265 g/mol. The number of alkyl halides is 1. The van der Waals surface area contributed by atoms with Crippen molar-refractivity contribution >= 4 is 22.6 Å². The van der Waals surface area contributed by atoms with Crippen molar-refractivity contribution in [3.05, 3.63) is 24.0 Å². The zero-order chi connectivity index (χ0) is 12.7. The Hall–Kier alpha value is -1.22. The van der Waals surface area contributed by atoms with E-state index < -0.39 is 0 Å². The van der Waals surface area contributed by atoms with Crippen LogP contribution in [0.5, 0.6) is 5.75 Å². The van der Waals surface area contributed by atoms with Gasteiger partial charge < -0.3 is 9.30 Å². The first kappa shape index (κ1) is 11.8. The number of benzene rings is 1. The molecule has 1 aromatic carbocycles. The summed E-state index contributed by atoms with van der Waals surface area (Å²) in [6.07, 6.45) is 2.65. The molecule has 1 atom stereocenters. The van der Waals surface area contributed by atoms with Crippen LogP contribution in [-0.2, 0) is 6.54 Å². The molecule has 1 aliphatic carbocycles. The Kier molecular flexibility index (Phi) is 2.94. The largest absolute Gasteiger partial charge is 0.497 e. The van der Waals surface area contributed by atoms with Crippen LogP contribution in [0.1, 0.15) is 31.0 Å². The van der Waals surface area contributed by atoms with Gasteiger partial charge >= 0.3 is 0 Å². The first-order chi connectivity index (χ1) is 8.69. The van der Waals surface area contributed by atoms with E-state index in [4.69, 9.17) is 16.3 Å². The van der Waals surface area contributed by atoms with Crippen LogP contribution >= 0.6 is 11.6 Å². The highest BCUT2D eigenvalue weighted by atomic mass is 35.5. The van der Waals surface area contributed by atoms with Gasteiger partial charge in [0.25, 0.3) is 0 Å². The minimum Gasteiger partial charge on any atom is -0.497 e. The van der Waals surface area contributed by atoms with Crippen LogP contribution in [0.25, 0.3) is 11.0 Å². The highest BCUT2D eigenvalue weighted by Gasteiger charge is 2.25. The van der Waals surface area contributed by atoms with Crippen LogP contribution in [-0.4, -0.2) is 16.7 Å². The minimum atomic E-state index is -0.0675. The molecule has 1 heterocycles. The molecule has 0 spiro atoms. The van der Waals surface area contributed by atoms with Gasteiger partial charge in [-0.05, 0) is 37.8 Å². The summed E-state index contributed by atoms with van der Waals surface area (Å²) in [5.41, 5.74) is 2.13. The summed E-state index contributed by atoms with van der Waals surface area (Å²) in [5.74, 6) is 2.61. The van der Waals surface area contributed by atoms with Crippen molar-refractivity contribution in [2.45, 2.75) is 31.7 Å². The van der Waals surface area contributed by atoms with Crippen molar-refractivity contribution in [3.63, 3.8) is 0 Å². The summed E-state index contributed by atoms with van der Waals surface area (Å²) >= 11 is 6.24. The predicted octanol–water partition coefficient (Wildman–Crippen LogP) is 3.75. The first-order valence-corrected chi connectivity index (χ1v) is 6.81. The topological polar surface area (TPSA) is 27.1 Å². The van der Waals surface area contributed by atoms with E-state index in [1.165, 1.54) is 12.8 Å². The third kappa shape index (κ3) is 2.07. The molecule has 18 heavy (non-hydrogen) atoms. The Morgan fingerprint density at radius 1 is 1.50 bits per heavy atom. The second-order valence-corrected chi connectivity index (χ2v) is 5.65. The maximum Gasteiger partial charge on any atom is 0.127 e. The molecule has 1 aliphatic rings. The lowest BCUT2D eigenvalue weighted by atomic mass is 10.3. The van der Waals surface area contributed by atoms with Crippen molar-refractivity contribution in [2.75, 3.05) is 7.11 Å². The lowest BCUT2D eigenvalue weighted by molar-refractivity contribution is 0.415. The lowest BCUT2D eigenvalue weighted by Gasteiger charge is -2.09. The summed E-state index contributed by atoms with van der Waals surface area (Å²) in [6.45, 7) is 3.01. The molecule has 0 radical (unpaired) electrons. The second kappa shape index (κ2) is 4.47. The minimum absolute atomic E-state index is 0.0675. The van der Waals surface area contributed by atoms with Crippen LogP contribution < -0.4 is 4.74 Å². The standard InChI is InChI=1S/C14H17ClN2O/c1-9(15)14-16-12-7-11(18-2)5-6-13(12)17(14)8-10-3-4-10/h5-7,9-10H,3-4,8H2,1-2H3. The normalized spacial score (nSPS) is 17.1. The van der Waals surface area contributed by atoms with E-state index in [-0.39, 0.29) is 5.38 Å². The number of aromatic nitrogens is 2. The maximum absolute atomic E-state index is 6.24. The lowest BCUT2D eigenvalue weighted by Crippen LogP contribution is -2.05. The molecular formula is C14H17ClN2O. The van der Waals surface area contributed by atoms with E-state index in [2.05, 4.69) is 15.6 Å². The number of fused-ring (bicyclic) bond motifs is 1. The van der Waals surface area contributed by atoms with Gasteiger partial charge in [0.15, 0.2) is 0 Å². The van der Waals surface area contributed by atoms with Gasteiger partial charge in [-0.1, -0.05) is 0 Å². The van der Waals surface area contributed by atoms with Gasteiger partial charge in [-0.25, -0.2) is 4.98 Å². The summed E-state index contributed by atoms with van der Waals surface area (Å²) in [7, 11) is 1.67. The molecule has 0 N–H and O–H groups in total. The monoisotopic (exact) mass is 264 g/mol. The van der Waals surface area contributed by atoms with Crippen LogP contribution in [0.2, 0.25) is 0 Å². The fraction of sp³-hybridized carbons (Fsp3) is 0.500. The van der Waals surface area contributed by atoms with E-state index in [1.807, 2.05) is 19.1 Å². The Balaban J connectivity index is 2.12. The zero-order valence-corrected chi connectivity index (χ0v) is 11.4.